The lowest BCUT2D eigenvalue weighted by Gasteiger charge is -2.46. The van der Waals surface area contributed by atoms with Crippen LogP contribution in [0.3, 0.4) is 0 Å². The lowest BCUT2D eigenvalue weighted by Crippen LogP contribution is -2.67. The van der Waals surface area contributed by atoms with Gasteiger partial charge in [0.25, 0.3) is 11.8 Å². The van der Waals surface area contributed by atoms with E-state index in [9.17, 15) is 104 Å². The monoisotopic (exact) mass is 1800 g/mol. The first-order valence-corrected chi connectivity index (χ1v) is 42.0. The zero-order valence-electron chi connectivity index (χ0n) is 72.2. The maximum atomic E-state index is 15.3. The minimum absolute atomic E-state index is 0.0229. The lowest BCUT2D eigenvalue weighted by molar-refractivity contribution is -0.339. The summed E-state index contributed by atoms with van der Waals surface area (Å²) >= 11 is 0. The molecule has 4 aliphatic heterocycles. The number of aromatic hydroxyl groups is 1. The molecule has 0 saturated carbocycles. The largest absolute Gasteiger partial charge is 0.508 e. The molecule has 11 amide bonds. The van der Waals surface area contributed by atoms with Crippen LogP contribution in [-0.2, 0) is 116 Å². The van der Waals surface area contributed by atoms with Crippen molar-refractivity contribution < 1.29 is 166 Å². The number of cyclic esters (lactones) is 1. The maximum Gasteiger partial charge on any atom is 0.328 e. The van der Waals surface area contributed by atoms with Crippen LogP contribution in [0.25, 0.3) is 0 Å². The minimum atomic E-state index is -2.39. The van der Waals surface area contributed by atoms with E-state index in [1.807, 2.05) is 0 Å². The normalized spacial score (nSPS) is 30.2. The summed E-state index contributed by atoms with van der Waals surface area (Å²) in [5.41, 5.74) is 11.0. The van der Waals surface area contributed by atoms with E-state index in [0.717, 1.165) is 100 Å². The van der Waals surface area contributed by atoms with Gasteiger partial charge >= 0.3 is 17.9 Å². The zero-order valence-corrected chi connectivity index (χ0v) is 72.2. The van der Waals surface area contributed by atoms with E-state index in [1.165, 1.54) is 31.2 Å². The molecule has 4 aliphatic rings. The summed E-state index contributed by atoms with van der Waals surface area (Å²) in [6.45, 7) is 7.08. The van der Waals surface area contributed by atoms with Crippen molar-refractivity contribution in [2.45, 2.75) is 330 Å². The average Bonchev–Trinajstić information content (AvgIpc) is 0.796. The van der Waals surface area contributed by atoms with Gasteiger partial charge in [-0.3, -0.25) is 62.3 Å². The predicted octanol–water partition coefficient (Wildman–Crippen LogP) is -7.67. The number of carbonyl (C=O) groups excluding carboxylic acids is 14. The Morgan fingerprint density at radius 2 is 1.31 bits per heavy atom. The first-order chi connectivity index (χ1) is 59.5. The van der Waals surface area contributed by atoms with Crippen molar-refractivity contribution in [3.05, 3.63) is 41.6 Å². The van der Waals surface area contributed by atoms with Crippen molar-refractivity contribution >= 4 is 82.9 Å². The molecular formula is C80H128N12O34. The highest BCUT2D eigenvalue weighted by atomic mass is 16.7. The zero-order chi connectivity index (χ0) is 94.1. The smallest absolute Gasteiger partial charge is 0.328 e. The second-order valence-corrected chi connectivity index (χ2v) is 31.5. The molecule has 4 heterocycles. The quantitative estimate of drug-likeness (QED) is 0.0127. The fourth-order valence-electron chi connectivity index (χ4n) is 14.2. The predicted molar refractivity (Wildman–Crippen MR) is 433 cm³/mol. The molecule has 5 rings (SSSR count). The van der Waals surface area contributed by atoms with Gasteiger partial charge < -0.3 is 163 Å². The Bertz CT molecular complexity index is 3790. The summed E-state index contributed by atoms with van der Waals surface area (Å²) in [4.78, 5) is 198. The highest BCUT2D eigenvalue weighted by Crippen LogP contribution is 2.32. The van der Waals surface area contributed by atoms with Gasteiger partial charge in [-0.1, -0.05) is 82.9 Å². The average molecular weight is 1800 g/mol. The van der Waals surface area contributed by atoms with Crippen LogP contribution in [0.1, 0.15) is 164 Å². The second-order valence-electron chi connectivity index (χ2n) is 31.5. The van der Waals surface area contributed by atoms with Gasteiger partial charge in [0.2, 0.25) is 53.2 Å². The number of esters is 3. The molecule has 4 fully saturated rings. The van der Waals surface area contributed by atoms with Crippen LogP contribution in [0.4, 0.5) is 0 Å². The number of nitrogens with two attached hydrogens (primary N) is 2. The molecule has 1 aromatic carbocycles. The van der Waals surface area contributed by atoms with Crippen LogP contribution < -0.4 is 59.3 Å². The van der Waals surface area contributed by atoms with Crippen molar-refractivity contribution in [2.75, 3.05) is 40.0 Å². The van der Waals surface area contributed by atoms with Crippen molar-refractivity contribution in [3.63, 3.8) is 0 Å². The van der Waals surface area contributed by atoms with E-state index in [-0.39, 0.29) is 43.5 Å². The molecule has 0 bridgehead atoms. The fraction of sp³-hybridized carbons (Fsp3) is 0.725. The summed E-state index contributed by atoms with van der Waals surface area (Å²) in [6.07, 6.45) is -30.1. The van der Waals surface area contributed by atoms with Crippen molar-refractivity contribution in [2.24, 2.45) is 11.5 Å². The molecule has 0 spiro atoms. The van der Waals surface area contributed by atoms with Crippen LogP contribution in [0, 0.1) is 0 Å². The number of phenols is 1. The number of ether oxygens (including phenoxy) is 9. The number of nitrogens with one attached hydrogen (secondary N) is 9. The minimum Gasteiger partial charge on any atom is -0.508 e. The number of nitrogens with zero attached hydrogens (tertiary/aromatic N) is 1. The SMILES string of the molecule is CC=C1NC(=O)C(Cc2ccc(O)cc2)NC(=O)C(C(C)O)NC(=O)C(NC(=O)C(NC(=O)C(O)C(CCCCCCCCCCC)OC2OCC(O)C(OC3OC(CO)C(O)C(O)C3NC(C)=O)C2O)C(C)O)C(C)OC(=O)C(CCCCN)NC(=O)C(C(C)OC2OC(COC(C)=O)C(OC(C)=O)C(O)C2O)N(C)C(=O)CNC(=O)C(CCC(N)=O)NC1=O. The molecule has 126 heavy (non-hydrogen) atoms. The van der Waals surface area contributed by atoms with Gasteiger partial charge in [0.15, 0.2) is 31.1 Å². The number of phenolic OH excluding ortho intramolecular Hbond substituents is 1. The van der Waals surface area contributed by atoms with Crippen LogP contribution in [-0.4, -0.2) is 349 Å². The number of carbonyl (C=O) groups is 14. The standard InChI is InChI=1S/C80H128N12O34/c1-11-13-14-15-16-17-18-19-20-24-51(123-79-66(108)67(50(100)35-119-79)126-78-59(84-41(7)96)63(105)61(103)52(34-93)124-78)62(104)76(116)90-57(38(4)95)73(113)91-58-39(5)120-77(117)48(23-21-22-31-81)87-75(115)60(40(6)121-80-65(107)64(106)68(122-43(9)98)53(125-80)36-118-42(8)97)92(10)55(102)33-83-69(109)47(29-30-54(82)101)86-70(110)46(12-2)85-71(111)49(32-44-25-27-45(99)28-26-44)88-72(112)56(37(3)94)89-74(58)114/h12,25-28,37-40,47-53,56-68,78-80,93-95,99-100,103-108H,11,13-24,29-36,81H2,1-10H3,(H2,82,101)(H,83,109)(H,84,96)(H,85,111)(H,86,110)(H,87,115)(H,88,112)(H,89,114)(H,90,116)(H,91,113). The Hall–Kier alpha value is -9.34. The third kappa shape index (κ3) is 32.8. The molecule has 0 radical (unpaired) electrons. The summed E-state index contributed by atoms with van der Waals surface area (Å²) < 4.78 is 51.7. The van der Waals surface area contributed by atoms with Crippen LogP contribution in [0.15, 0.2) is 36.0 Å². The summed E-state index contributed by atoms with van der Waals surface area (Å²) in [5.74, 6) is -17.3. The number of allylic oxidation sites excluding steroid dienone is 1. The number of benzene rings is 1. The molecular weight excluding hydrogens is 1670 g/mol. The van der Waals surface area contributed by atoms with E-state index in [4.69, 9.17) is 54.1 Å². The summed E-state index contributed by atoms with van der Waals surface area (Å²) in [5, 5.41) is 144. The van der Waals surface area contributed by atoms with E-state index >= 15 is 19.2 Å². The van der Waals surface area contributed by atoms with Crippen molar-refractivity contribution in [1.82, 2.24) is 52.8 Å². The summed E-state index contributed by atoms with van der Waals surface area (Å²) in [7, 11) is 1.00. The number of amides is 11. The molecule has 27 atom stereocenters. The number of hydrogen-bond donors (Lipinski definition) is 22. The van der Waals surface area contributed by atoms with Gasteiger partial charge in [-0.05, 0) is 91.0 Å². The third-order valence-corrected chi connectivity index (χ3v) is 21.3. The van der Waals surface area contributed by atoms with Crippen LogP contribution >= 0.6 is 0 Å². The van der Waals surface area contributed by atoms with E-state index < -0.39 is 306 Å². The number of unbranched alkanes of at least 4 members (excludes halogenated alkanes) is 9. The Kier molecular flexibility index (Phi) is 44.9. The first kappa shape index (κ1) is 107. The van der Waals surface area contributed by atoms with Crippen molar-refractivity contribution in [1.29, 1.82) is 0 Å². The number of likely N-dealkylation sites (N-methyl/N-ethyl adjacent to an activating group) is 1. The fourth-order valence-corrected chi connectivity index (χ4v) is 14.2. The topological polar surface area (TPSA) is 708 Å². The Balaban J connectivity index is 1.64. The molecule has 1 aromatic rings. The number of rotatable bonds is 38. The molecule has 0 aromatic heterocycles. The number of hydrogen-bond acceptors (Lipinski definition) is 35. The third-order valence-electron chi connectivity index (χ3n) is 21.3. The molecule has 4 saturated heterocycles. The van der Waals surface area contributed by atoms with Gasteiger partial charge in [0, 0.05) is 40.7 Å². The van der Waals surface area contributed by atoms with Gasteiger partial charge in [-0.25, -0.2) is 4.79 Å². The molecule has 24 N–H and O–H groups in total. The molecule has 0 aliphatic carbocycles. The highest BCUT2D eigenvalue weighted by molar-refractivity contribution is 6.02. The Morgan fingerprint density at radius 3 is 1.90 bits per heavy atom. The van der Waals surface area contributed by atoms with Crippen LogP contribution in [0.2, 0.25) is 0 Å². The Labute approximate surface area is 727 Å². The van der Waals surface area contributed by atoms with Crippen LogP contribution in [0.5, 0.6) is 5.75 Å². The molecule has 712 valence electrons. The highest BCUT2D eigenvalue weighted by Gasteiger charge is 2.53. The number of primary amides is 1. The first-order valence-electron chi connectivity index (χ1n) is 42.0. The van der Waals surface area contributed by atoms with Gasteiger partial charge in [0.1, 0.15) is 127 Å². The summed E-state index contributed by atoms with van der Waals surface area (Å²) in [6, 6.07) is -10.9. The van der Waals surface area contributed by atoms with Crippen molar-refractivity contribution in [3.8, 4) is 5.75 Å². The lowest BCUT2D eigenvalue weighted by atomic mass is 9.96. The van der Waals surface area contributed by atoms with Gasteiger partial charge in [0.05, 0.1) is 44.2 Å². The van der Waals surface area contributed by atoms with E-state index in [0.29, 0.717) is 17.7 Å². The van der Waals surface area contributed by atoms with E-state index in [2.05, 4.69) is 54.8 Å². The van der Waals surface area contributed by atoms with Gasteiger partial charge in [-0.2, -0.15) is 0 Å². The number of aliphatic hydroxyl groups is 10. The molecule has 46 heteroatoms. The molecule has 27 unspecified atom stereocenters. The maximum absolute atomic E-state index is 15.3. The molecule has 46 nitrogen and oxygen atoms in total. The van der Waals surface area contributed by atoms with Gasteiger partial charge in [-0.15, -0.1) is 0 Å². The van der Waals surface area contributed by atoms with E-state index in [1.54, 1.807) is 0 Å². The number of aliphatic hydroxyl groups excluding tert-OH is 10. The second kappa shape index (κ2) is 52.8. The Morgan fingerprint density at radius 1 is 0.675 bits per heavy atom.